The molecular weight excluding hydrogens is 543 g/mol. The largest absolute Gasteiger partial charge is 0.351 e. The van der Waals surface area contributed by atoms with Gasteiger partial charge in [-0.05, 0) is 77.2 Å². The van der Waals surface area contributed by atoms with Gasteiger partial charge in [0.2, 0.25) is 0 Å². The van der Waals surface area contributed by atoms with E-state index in [4.69, 9.17) is 23.2 Å². The highest BCUT2D eigenvalue weighted by Gasteiger charge is 2.42. The van der Waals surface area contributed by atoms with Crippen molar-refractivity contribution in [1.29, 1.82) is 0 Å². The first-order chi connectivity index (χ1) is 16.2. The zero-order chi connectivity index (χ0) is 24.6. The summed E-state index contributed by atoms with van der Waals surface area (Å²) in [5.41, 5.74) is 3.42. The van der Waals surface area contributed by atoms with Crippen LogP contribution in [0.1, 0.15) is 45.9 Å². The fourth-order valence-electron chi connectivity index (χ4n) is 4.41. The summed E-state index contributed by atoms with van der Waals surface area (Å²) in [6.45, 7) is 4.02. The molecule has 2 atom stereocenters. The predicted octanol–water partition coefficient (Wildman–Crippen LogP) is 5.02. The average Bonchev–Trinajstić information content (AvgIpc) is 3.33. The average molecular weight is 564 g/mol. The molecule has 0 spiro atoms. The maximum Gasteiger partial charge on any atom is 0.271 e. The Balaban J connectivity index is 1.46. The number of nitrogens with one attached hydrogen (secondary N) is 1. The molecule has 1 fully saturated rings. The molecule has 7 nitrogen and oxygen atoms in total. The first-order valence-corrected chi connectivity index (χ1v) is 12.2. The van der Waals surface area contributed by atoms with Gasteiger partial charge in [-0.15, -0.1) is 0 Å². The van der Waals surface area contributed by atoms with Gasteiger partial charge < -0.3 is 5.32 Å². The van der Waals surface area contributed by atoms with Crippen LogP contribution in [0.15, 0.2) is 41.1 Å². The molecule has 0 aliphatic heterocycles. The van der Waals surface area contributed by atoms with Crippen LogP contribution in [0.2, 0.25) is 10.2 Å². The number of aromatic nitrogens is 3. The minimum absolute atomic E-state index is 0.0957. The smallest absolute Gasteiger partial charge is 0.271 e. The number of pyridine rings is 1. The van der Waals surface area contributed by atoms with Gasteiger partial charge in [-0.1, -0.05) is 23.2 Å². The first kappa shape index (κ1) is 24.6. The molecule has 0 radical (unpaired) electrons. The van der Waals surface area contributed by atoms with E-state index in [1.807, 2.05) is 26.0 Å². The molecule has 1 aliphatic rings. The summed E-state index contributed by atoms with van der Waals surface area (Å²) in [6, 6.07) is 7.02. The Morgan fingerprint density at radius 1 is 1.21 bits per heavy atom. The summed E-state index contributed by atoms with van der Waals surface area (Å²) in [7, 11) is 0. The molecule has 2 aromatic heterocycles. The summed E-state index contributed by atoms with van der Waals surface area (Å²) in [4.78, 5) is 42.6. The lowest BCUT2D eigenvalue weighted by Gasteiger charge is -2.17. The number of halogens is 3. The lowest BCUT2D eigenvalue weighted by molar-refractivity contribution is -0.124. The zero-order valence-corrected chi connectivity index (χ0v) is 21.5. The van der Waals surface area contributed by atoms with Gasteiger partial charge in [-0.3, -0.25) is 14.4 Å². The zero-order valence-electron chi connectivity index (χ0n) is 18.4. The van der Waals surface area contributed by atoms with Gasteiger partial charge in [0.1, 0.15) is 22.5 Å². The van der Waals surface area contributed by atoms with Crippen LogP contribution in [0.4, 0.5) is 0 Å². The van der Waals surface area contributed by atoms with Crippen LogP contribution in [0, 0.1) is 19.8 Å². The molecule has 176 valence electrons. The highest BCUT2D eigenvalue weighted by molar-refractivity contribution is 9.10. The molecule has 0 saturated heterocycles. The fourth-order valence-corrected chi connectivity index (χ4v) is 5.09. The van der Waals surface area contributed by atoms with Crippen molar-refractivity contribution in [2.45, 2.75) is 32.6 Å². The van der Waals surface area contributed by atoms with E-state index >= 15 is 0 Å². The Kier molecular flexibility index (Phi) is 7.21. The van der Waals surface area contributed by atoms with Crippen molar-refractivity contribution in [2.75, 3.05) is 6.54 Å². The molecule has 1 N–H and O–H groups in total. The summed E-state index contributed by atoms with van der Waals surface area (Å²) >= 11 is 15.1. The minimum Gasteiger partial charge on any atom is -0.351 e. The number of ketones is 2. The summed E-state index contributed by atoms with van der Waals surface area (Å²) in [6.07, 6.45) is 3.78. The third kappa shape index (κ3) is 4.94. The SMILES string of the molecule is Cc1cc(-n2cc(Cl)cn2)cc(C)c1C1C(=O)CC(CCNC(=O)c2nc(Cl)ccc2Br)C1=O. The molecule has 34 heavy (non-hydrogen) atoms. The molecule has 2 unspecified atom stereocenters. The van der Waals surface area contributed by atoms with E-state index < -0.39 is 17.7 Å². The molecule has 0 bridgehead atoms. The lowest BCUT2D eigenvalue weighted by Crippen LogP contribution is -2.28. The van der Waals surface area contributed by atoms with Gasteiger partial charge in [0.15, 0.2) is 5.78 Å². The van der Waals surface area contributed by atoms with E-state index in [1.54, 1.807) is 29.2 Å². The van der Waals surface area contributed by atoms with Crippen molar-refractivity contribution in [2.24, 2.45) is 5.92 Å². The molecule has 3 aromatic rings. The van der Waals surface area contributed by atoms with E-state index in [0.29, 0.717) is 15.9 Å². The number of aryl methyl sites for hydroxylation is 2. The van der Waals surface area contributed by atoms with E-state index in [0.717, 1.165) is 22.4 Å². The highest BCUT2D eigenvalue weighted by Crippen LogP contribution is 2.37. The van der Waals surface area contributed by atoms with Crippen LogP contribution in [-0.2, 0) is 9.59 Å². The molecule has 1 aromatic carbocycles. The van der Waals surface area contributed by atoms with Gasteiger partial charge in [0, 0.05) is 29.6 Å². The molecule has 2 heterocycles. The monoisotopic (exact) mass is 562 g/mol. The Bertz CT molecular complexity index is 1280. The summed E-state index contributed by atoms with van der Waals surface area (Å²) in [5, 5.41) is 7.71. The Morgan fingerprint density at radius 2 is 1.91 bits per heavy atom. The summed E-state index contributed by atoms with van der Waals surface area (Å²) < 4.78 is 2.18. The number of hydrogen-bond donors (Lipinski definition) is 1. The molecule has 1 aliphatic carbocycles. The number of rotatable bonds is 6. The molecule has 1 amide bonds. The maximum absolute atomic E-state index is 13.2. The molecule has 10 heteroatoms. The second kappa shape index (κ2) is 9.98. The number of carbonyl (C=O) groups excluding carboxylic acids is 3. The topological polar surface area (TPSA) is 93.9 Å². The van der Waals surface area contributed by atoms with Gasteiger partial charge in [-0.25, -0.2) is 9.67 Å². The van der Waals surface area contributed by atoms with Crippen LogP contribution in [0.5, 0.6) is 0 Å². The third-order valence-corrected chi connectivity index (χ3v) is 6.99. The van der Waals surface area contributed by atoms with Gasteiger partial charge in [0.05, 0.1) is 16.9 Å². The Hall–Kier alpha value is -2.55. The van der Waals surface area contributed by atoms with Gasteiger partial charge in [0.25, 0.3) is 5.91 Å². The molecular formula is C24H21BrCl2N4O3. The van der Waals surface area contributed by atoms with E-state index in [1.165, 1.54) is 0 Å². The Labute approximate surface area is 215 Å². The standard InChI is InChI=1S/C24H21BrCl2N4O3/c1-12-7-16(31-11-15(26)10-29-31)8-13(2)20(12)21-18(32)9-14(23(21)33)5-6-28-24(34)22-17(25)3-4-19(27)30-22/h3-4,7-8,10-11,14,21H,5-6,9H2,1-2H3,(H,28,34). The second-order valence-corrected chi connectivity index (χ2v) is 9.99. The number of benzene rings is 1. The first-order valence-electron chi connectivity index (χ1n) is 10.6. The Morgan fingerprint density at radius 3 is 2.56 bits per heavy atom. The quantitative estimate of drug-likeness (QED) is 0.336. The number of Topliss-reactive ketones (excluding diaryl/α,β-unsaturated/α-hetero) is 2. The minimum atomic E-state index is -0.792. The van der Waals surface area contributed by atoms with E-state index in [2.05, 4.69) is 31.3 Å². The number of carbonyl (C=O) groups is 3. The molecule has 1 saturated carbocycles. The fraction of sp³-hybridized carbons (Fsp3) is 0.292. The number of hydrogen-bond acceptors (Lipinski definition) is 5. The third-order valence-electron chi connectivity index (χ3n) is 5.94. The van der Waals surface area contributed by atoms with E-state index in [-0.39, 0.29) is 35.4 Å². The van der Waals surface area contributed by atoms with Crippen LogP contribution >= 0.6 is 39.1 Å². The van der Waals surface area contributed by atoms with Crippen LogP contribution in [-0.4, -0.2) is 38.8 Å². The van der Waals surface area contributed by atoms with Crippen molar-refractivity contribution in [1.82, 2.24) is 20.1 Å². The second-order valence-electron chi connectivity index (χ2n) is 8.31. The van der Waals surface area contributed by atoms with Crippen LogP contribution in [0.25, 0.3) is 5.69 Å². The van der Waals surface area contributed by atoms with Crippen molar-refractivity contribution < 1.29 is 14.4 Å². The normalized spacial score (nSPS) is 17.9. The van der Waals surface area contributed by atoms with Crippen LogP contribution < -0.4 is 5.32 Å². The number of amides is 1. The predicted molar refractivity (Wildman–Crippen MR) is 133 cm³/mol. The number of nitrogens with zero attached hydrogens (tertiary/aromatic N) is 3. The van der Waals surface area contributed by atoms with E-state index in [9.17, 15) is 14.4 Å². The molecule has 4 rings (SSSR count). The maximum atomic E-state index is 13.2. The van der Waals surface area contributed by atoms with Gasteiger partial charge >= 0.3 is 0 Å². The lowest BCUT2D eigenvalue weighted by atomic mass is 9.87. The van der Waals surface area contributed by atoms with Crippen molar-refractivity contribution in [3.63, 3.8) is 0 Å². The van der Waals surface area contributed by atoms with Crippen LogP contribution in [0.3, 0.4) is 0 Å². The highest BCUT2D eigenvalue weighted by atomic mass is 79.9. The van der Waals surface area contributed by atoms with Crippen molar-refractivity contribution >= 4 is 56.6 Å². The van der Waals surface area contributed by atoms with Crippen molar-refractivity contribution in [3.8, 4) is 5.69 Å². The summed E-state index contributed by atoms with van der Waals surface area (Å²) in [5.74, 6) is -1.84. The van der Waals surface area contributed by atoms with Gasteiger partial charge in [-0.2, -0.15) is 5.10 Å². The van der Waals surface area contributed by atoms with Crippen molar-refractivity contribution in [3.05, 3.63) is 73.7 Å².